The largest absolute Gasteiger partial charge is 0.356 e. The van der Waals surface area contributed by atoms with Gasteiger partial charge in [-0.05, 0) is 26.9 Å². The van der Waals surface area contributed by atoms with Gasteiger partial charge in [-0.3, -0.25) is 9.59 Å². The number of nitrogens with zero attached hydrogens (tertiary/aromatic N) is 1. The molecular formula is C14H27N3O2. The maximum Gasteiger partial charge on any atom is 0.223 e. The Hall–Kier alpha value is -1.10. The molecule has 2 amide bonds. The summed E-state index contributed by atoms with van der Waals surface area (Å²) in [4.78, 5) is 25.6. The molecule has 1 fully saturated rings. The van der Waals surface area contributed by atoms with Crippen molar-refractivity contribution < 1.29 is 9.59 Å². The van der Waals surface area contributed by atoms with Crippen LogP contribution in [0.15, 0.2) is 0 Å². The van der Waals surface area contributed by atoms with Crippen molar-refractivity contribution in [3.05, 3.63) is 0 Å². The van der Waals surface area contributed by atoms with Crippen LogP contribution in [0, 0.1) is 11.8 Å². The summed E-state index contributed by atoms with van der Waals surface area (Å²) in [6.07, 6.45) is 4.01. The number of likely N-dealkylation sites (N-methyl/N-ethyl adjacent to an activating group) is 1. The van der Waals surface area contributed by atoms with E-state index in [1.807, 2.05) is 19.0 Å². The van der Waals surface area contributed by atoms with Crippen LogP contribution in [0.25, 0.3) is 0 Å². The van der Waals surface area contributed by atoms with Gasteiger partial charge in [0.2, 0.25) is 11.8 Å². The van der Waals surface area contributed by atoms with Crippen molar-refractivity contribution in [3.63, 3.8) is 0 Å². The van der Waals surface area contributed by atoms with Crippen LogP contribution in [0.5, 0.6) is 0 Å². The van der Waals surface area contributed by atoms with E-state index in [-0.39, 0.29) is 23.7 Å². The van der Waals surface area contributed by atoms with Gasteiger partial charge in [-0.1, -0.05) is 19.8 Å². The Morgan fingerprint density at radius 3 is 2.16 bits per heavy atom. The molecule has 0 bridgehead atoms. The first-order chi connectivity index (χ1) is 9.06. The fourth-order valence-corrected chi connectivity index (χ4v) is 2.03. The number of carbonyl (C=O) groups excluding carboxylic acids is 2. The first-order valence-corrected chi connectivity index (χ1v) is 7.26. The van der Waals surface area contributed by atoms with Gasteiger partial charge in [0.1, 0.15) is 0 Å². The number of carbonyl (C=O) groups is 2. The number of unbranched alkanes of at least 4 members (excludes halogenated alkanes) is 2. The molecule has 1 saturated carbocycles. The van der Waals surface area contributed by atoms with E-state index >= 15 is 0 Å². The first kappa shape index (κ1) is 16.0. The molecule has 2 unspecified atom stereocenters. The number of amides is 2. The van der Waals surface area contributed by atoms with E-state index in [4.69, 9.17) is 0 Å². The second kappa shape index (κ2) is 8.15. The Morgan fingerprint density at radius 2 is 1.63 bits per heavy atom. The molecule has 1 aliphatic carbocycles. The molecule has 2 atom stereocenters. The maximum atomic E-state index is 11.8. The molecular weight excluding hydrogens is 242 g/mol. The third-order valence-corrected chi connectivity index (χ3v) is 3.40. The molecule has 0 saturated heterocycles. The van der Waals surface area contributed by atoms with Gasteiger partial charge in [-0.2, -0.15) is 0 Å². The summed E-state index contributed by atoms with van der Waals surface area (Å²) < 4.78 is 0. The lowest BCUT2D eigenvalue weighted by molar-refractivity contribution is -0.127. The summed E-state index contributed by atoms with van der Waals surface area (Å²) in [5, 5.41) is 5.79. The lowest BCUT2D eigenvalue weighted by Gasteiger charge is -2.10. The molecule has 0 heterocycles. The van der Waals surface area contributed by atoms with E-state index in [0.29, 0.717) is 13.0 Å². The van der Waals surface area contributed by atoms with Crippen molar-refractivity contribution in [2.75, 3.05) is 33.7 Å². The van der Waals surface area contributed by atoms with Gasteiger partial charge in [0.25, 0.3) is 0 Å². The smallest absolute Gasteiger partial charge is 0.223 e. The average molecular weight is 269 g/mol. The zero-order valence-electron chi connectivity index (χ0n) is 12.4. The van der Waals surface area contributed by atoms with Crippen molar-refractivity contribution in [3.8, 4) is 0 Å². The fraction of sp³-hybridized carbons (Fsp3) is 0.857. The summed E-state index contributed by atoms with van der Waals surface area (Å²) >= 11 is 0. The summed E-state index contributed by atoms with van der Waals surface area (Å²) in [5.41, 5.74) is 0. The topological polar surface area (TPSA) is 61.4 Å². The lowest BCUT2D eigenvalue weighted by atomic mass is 10.2. The van der Waals surface area contributed by atoms with Crippen LogP contribution in [0.4, 0.5) is 0 Å². The minimum Gasteiger partial charge on any atom is -0.356 e. The highest BCUT2D eigenvalue weighted by molar-refractivity contribution is 5.92. The molecule has 0 radical (unpaired) electrons. The Morgan fingerprint density at radius 1 is 1.05 bits per heavy atom. The second-order valence-electron chi connectivity index (χ2n) is 5.54. The molecule has 5 nitrogen and oxygen atoms in total. The molecule has 0 aromatic rings. The Balaban J connectivity index is 2.11. The van der Waals surface area contributed by atoms with Gasteiger partial charge in [0.15, 0.2) is 0 Å². The summed E-state index contributed by atoms with van der Waals surface area (Å²) in [6.45, 7) is 4.34. The Kier molecular flexibility index (Phi) is 6.84. The number of hydrogen-bond acceptors (Lipinski definition) is 3. The summed E-state index contributed by atoms with van der Waals surface area (Å²) in [5.74, 6) is -0.131. The maximum absolute atomic E-state index is 11.8. The summed E-state index contributed by atoms with van der Waals surface area (Å²) in [6, 6.07) is 0. The first-order valence-electron chi connectivity index (χ1n) is 7.26. The quantitative estimate of drug-likeness (QED) is 0.603. The van der Waals surface area contributed by atoms with Crippen LogP contribution in [0.3, 0.4) is 0 Å². The van der Waals surface area contributed by atoms with Crippen LogP contribution in [-0.4, -0.2) is 50.4 Å². The average Bonchev–Trinajstić information content (AvgIpc) is 3.14. The highest BCUT2D eigenvalue weighted by Gasteiger charge is 2.47. The van der Waals surface area contributed by atoms with E-state index in [1.54, 1.807) is 0 Å². The standard InChI is InChI=1S/C14H27N3O2/c1-4-5-6-7-15-13(18)11-10-12(11)14(19)16-8-9-17(2)3/h11-12H,4-10H2,1-3H3,(H,15,18)(H,16,19). The normalized spacial score (nSPS) is 21.3. The third kappa shape index (κ3) is 6.05. The summed E-state index contributed by atoms with van der Waals surface area (Å²) in [7, 11) is 3.94. The zero-order chi connectivity index (χ0) is 14.3. The molecule has 19 heavy (non-hydrogen) atoms. The molecule has 0 aromatic carbocycles. The fourth-order valence-electron chi connectivity index (χ4n) is 2.03. The van der Waals surface area contributed by atoms with Gasteiger partial charge < -0.3 is 15.5 Å². The zero-order valence-corrected chi connectivity index (χ0v) is 12.4. The molecule has 1 aliphatic rings. The molecule has 0 spiro atoms. The van der Waals surface area contributed by atoms with E-state index in [9.17, 15) is 9.59 Å². The highest BCUT2D eigenvalue weighted by Crippen LogP contribution is 2.38. The highest BCUT2D eigenvalue weighted by atomic mass is 16.2. The molecule has 0 aliphatic heterocycles. The van der Waals surface area contributed by atoms with Crippen molar-refractivity contribution in [2.24, 2.45) is 11.8 Å². The molecule has 2 N–H and O–H groups in total. The van der Waals surface area contributed by atoms with E-state index < -0.39 is 0 Å². The molecule has 5 heteroatoms. The van der Waals surface area contributed by atoms with E-state index in [0.717, 1.165) is 32.4 Å². The molecule has 1 rings (SSSR count). The van der Waals surface area contributed by atoms with Crippen molar-refractivity contribution >= 4 is 11.8 Å². The predicted molar refractivity (Wildman–Crippen MR) is 75.7 cm³/mol. The third-order valence-electron chi connectivity index (χ3n) is 3.40. The number of nitrogens with one attached hydrogen (secondary N) is 2. The van der Waals surface area contributed by atoms with Gasteiger partial charge in [0, 0.05) is 19.6 Å². The van der Waals surface area contributed by atoms with Gasteiger partial charge >= 0.3 is 0 Å². The number of rotatable bonds is 9. The second-order valence-corrected chi connectivity index (χ2v) is 5.54. The van der Waals surface area contributed by atoms with Crippen molar-refractivity contribution in [1.29, 1.82) is 0 Å². The lowest BCUT2D eigenvalue weighted by Crippen LogP contribution is -2.34. The monoisotopic (exact) mass is 269 g/mol. The van der Waals surface area contributed by atoms with Gasteiger partial charge in [-0.15, -0.1) is 0 Å². The minimum absolute atomic E-state index is 0.0237. The molecule has 0 aromatic heterocycles. The van der Waals surface area contributed by atoms with E-state index in [2.05, 4.69) is 17.6 Å². The van der Waals surface area contributed by atoms with Crippen molar-refractivity contribution in [1.82, 2.24) is 15.5 Å². The van der Waals surface area contributed by atoms with Crippen LogP contribution in [-0.2, 0) is 9.59 Å². The van der Waals surface area contributed by atoms with Gasteiger partial charge in [-0.25, -0.2) is 0 Å². The minimum atomic E-state index is -0.103. The van der Waals surface area contributed by atoms with Crippen LogP contribution in [0.2, 0.25) is 0 Å². The van der Waals surface area contributed by atoms with Crippen LogP contribution >= 0.6 is 0 Å². The van der Waals surface area contributed by atoms with Gasteiger partial charge in [0.05, 0.1) is 11.8 Å². The van der Waals surface area contributed by atoms with Crippen molar-refractivity contribution in [2.45, 2.75) is 32.6 Å². The van der Waals surface area contributed by atoms with Crippen LogP contribution < -0.4 is 10.6 Å². The Labute approximate surface area is 116 Å². The SMILES string of the molecule is CCCCCNC(=O)C1CC1C(=O)NCCN(C)C. The Bertz CT molecular complexity index is 305. The van der Waals surface area contributed by atoms with Crippen LogP contribution in [0.1, 0.15) is 32.6 Å². The predicted octanol–water partition coefficient (Wildman–Crippen LogP) is 0.607. The molecule has 110 valence electrons. The number of hydrogen-bond donors (Lipinski definition) is 2. The van der Waals surface area contributed by atoms with E-state index in [1.165, 1.54) is 0 Å².